The summed E-state index contributed by atoms with van der Waals surface area (Å²) in [6.45, 7) is 1.59. The highest BCUT2D eigenvalue weighted by Crippen LogP contribution is 2.11. The Balaban J connectivity index is 1.90. The number of nitrogens with zero attached hydrogens (tertiary/aromatic N) is 1. The first-order valence-corrected chi connectivity index (χ1v) is 10.4. The van der Waals surface area contributed by atoms with Crippen molar-refractivity contribution in [3.05, 3.63) is 34.9 Å². The van der Waals surface area contributed by atoms with Crippen molar-refractivity contribution in [2.75, 3.05) is 44.9 Å². The van der Waals surface area contributed by atoms with Crippen LogP contribution in [-0.4, -0.2) is 73.6 Å². The molecule has 148 valence electrons. The van der Waals surface area contributed by atoms with E-state index in [1.807, 2.05) is 6.26 Å². The summed E-state index contributed by atoms with van der Waals surface area (Å²) in [4.78, 5) is 38.5. The number of benzene rings is 1. The SMILES string of the molecule is CSCC[C@H](NC(=O)c1ccc(Cl)cc1)C(=O)OCC(=O)N1CCOCC1. The Hall–Kier alpha value is -1.77. The maximum absolute atomic E-state index is 12.4. The van der Waals surface area contributed by atoms with Crippen molar-refractivity contribution >= 4 is 41.1 Å². The molecular weight excluding hydrogens is 392 g/mol. The van der Waals surface area contributed by atoms with Crippen molar-refractivity contribution in [1.82, 2.24) is 10.2 Å². The summed E-state index contributed by atoms with van der Waals surface area (Å²) in [5.74, 6) is -0.612. The molecule has 0 saturated carbocycles. The lowest BCUT2D eigenvalue weighted by atomic mass is 10.1. The number of esters is 1. The molecule has 1 aliphatic rings. The van der Waals surface area contributed by atoms with Gasteiger partial charge in [-0.1, -0.05) is 11.6 Å². The van der Waals surface area contributed by atoms with Gasteiger partial charge in [-0.05, 0) is 42.7 Å². The van der Waals surface area contributed by atoms with Gasteiger partial charge in [0.25, 0.3) is 11.8 Å². The van der Waals surface area contributed by atoms with Crippen LogP contribution in [0.2, 0.25) is 5.02 Å². The molecule has 1 heterocycles. The molecule has 0 aliphatic carbocycles. The maximum Gasteiger partial charge on any atom is 0.329 e. The first-order chi connectivity index (χ1) is 13.0. The van der Waals surface area contributed by atoms with Gasteiger partial charge in [0, 0.05) is 23.7 Å². The molecule has 0 bridgehead atoms. The second kappa shape index (κ2) is 11.2. The van der Waals surface area contributed by atoms with Crippen LogP contribution in [0.3, 0.4) is 0 Å². The highest BCUT2D eigenvalue weighted by atomic mass is 35.5. The van der Waals surface area contributed by atoms with E-state index in [9.17, 15) is 14.4 Å². The zero-order valence-electron chi connectivity index (χ0n) is 15.1. The van der Waals surface area contributed by atoms with Gasteiger partial charge in [-0.3, -0.25) is 9.59 Å². The number of rotatable bonds is 8. The van der Waals surface area contributed by atoms with E-state index in [4.69, 9.17) is 21.1 Å². The van der Waals surface area contributed by atoms with Crippen molar-refractivity contribution in [3.63, 3.8) is 0 Å². The Kier molecular flexibility index (Phi) is 8.90. The summed E-state index contributed by atoms with van der Waals surface area (Å²) in [6, 6.07) is 5.55. The molecule has 0 aromatic heterocycles. The molecule has 1 aromatic carbocycles. The van der Waals surface area contributed by atoms with Crippen LogP contribution in [0.15, 0.2) is 24.3 Å². The average Bonchev–Trinajstić information content (AvgIpc) is 2.70. The van der Waals surface area contributed by atoms with Gasteiger partial charge >= 0.3 is 5.97 Å². The molecule has 2 rings (SSSR count). The normalized spacial score (nSPS) is 15.1. The lowest BCUT2D eigenvalue weighted by Crippen LogP contribution is -2.45. The van der Waals surface area contributed by atoms with Crippen LogP contribution in [0.1, 0.15) is 16.8 Å². The molecule has 9 heteroatoms. The summed E-state index contributed by atoms with van der Waals surface area (Å²) in [5, 5.41) is 3.20. The number of morpholine rings is 1. The average molecular weight is 415 g/mol. The second-order valence-electron chi connectivity index (χ2n) is 5.92. The summed E-state index contributed by atoms with van der Waals surface area (Å²) in [6.07, 6.45) is 2.32. The lowest BCUT2D eigenvalue weighted by molar-refractivity contribution is -0.155. The van der Waals surface area contributed by atoms with E-state index < -0.39 is 17.9 Å². The number of hydrogen-bond donors (Lipinski definition) is 1. The fourth-order valence-electron chi connectivity index (χ4n) is 2.46. The first-order valence-electron chi connectivity index (χ1n) is 8.59. The summed E-state index contributed by atoms with van der Waals surface area (Å²) in [7, 11) is 0. The maximum atomic E-state index is 12.4. The van der Waals surface area contributed by atoms with Crippen LogP contribution in [0.5, 0.6) is 0 Å². The fraction of sp³-hybridized carbons (Fsp3) is 0.500. The van der Waals surface area contributed by atoms with Crippen molar-refractivity contribution in [2.24, 2.45) is 0 Å². The predicted octanol–water partition coefficient (Wildman–Crippen LogP) is 1.59. The third-order valence-electron chi connectivity index (χ3n) is 4.01. The van der Waals surface area contributed by atoms with Crippen molar-refractivity contribution < 1.29 is 23.9 Å². The van der Waals surface area contributed by atoms with Gasteiger partial charge in [0.2, 0.25) is 0 Å². The molecule has 0 unspecified atom stereocenters. The predicted molar refractivity (Wildman–Crippen MR) is 104 cm³/mol. The highest BCUT2D eigenvalue weighted by Gasteiger charge is 2.25. The zero-order valence-corrected chi connectivity index (χ0v) is 16.7. The minimum absolute atomic E-state index is 0.265. The Labute approximate surface area is 167 Å². The lowest BCUT2D eigenvalue weighted by Gasteiger charge is -2.27. The van der Waals surface area contributed by atoms with Crippen LogP contribution in [0.4, 0.5) is 0 Å². The van der Waals surface area contributed by atoms with E-state index in [2.05, 4.69) is 5.32 Å². The smallest absolute Gasteiger partial charge is 0.329 e. The molecule has 1 N–H and O–H groups in total. The third-order valence-corrected chi connectivity index (χ3v) is 4.90. The van der Waals surface area contributed by atoms with E-state index >= 15 is 0 Å². The minimum Gasteiger partial charge on any atom is -0.454 e. The molecule has 0 radical (unpaired) electrons. The van der Waals surface area contributed by atoms with Crippen LogP contribution in [0.25, 0.3) is 0 Å². The molecule has 1 atom stereocenters. The monoisotopic (exact) mass is 414 g/mol. The molecule has 0 spiro atoms. The number of halogens is 1. The number of amides is 2. The van der Waals surface area contributed by atoms with E-state index in [1.54, 1.807) is 40.9 Å². The minimum atomic E-state index is -0.821. The van der Waals surface area contributed by atoms with E-state index in [0.29, 0.717) is 49.1 Å². The molecular formula is C18H23ClN2O5S. The van der Waals surface area contributed by atoms with Crippen molar-refractivity contribution in [3.8, 4) is 0 Å². The van der Waals surface area contributed by atoms with Crippen LogP contribution in [0, 0.1) is 0 Å². The molecule has 7 nitrogen and oxygen atoms in total. The fourth-order valence-corrected chi connectivity index (χ4v) is 3.06. The Morgan fingerprint density at radius 2 is 1.93 bits per heavy atom. The van der Waals surface area contributed by atoms with Gasteiger partial charge in [-0.25, -0.2) is 4.79 Å². The van der Waals surface area contributed by atoms with Gasteiger partial charge in [0.15, 0.2) is 6.61 Å². The van der Waals surface area contributed by atoms with E-state index in [0.717, 1.165) is 0 Å². The topological polar surface area (TPSA) is 84.9 Å². The standard InChI is InChI=1S/C18H23ClN2O5S/c1-27-11-6-15(20-17(23)13-2-4-14(19)5-3-13)18(24)26-12-16(22)21-7-9-25-10-8-21/h2-5,15H,6-12H2,1H3,(H,20,23)/t15-/m0/s1. The summed E-state index contributed by atoms with van der Waals surface area (Å²) < 4.78 is 10.3. The molecule has 1 aromatic rings. The molecule has 1 fully saturated rings. The number of carbonyl (C=O) groups excluding carboxylic acids is 3. The first kappa shape index (κ1) is 21.5. The number of hydrogen-bond acceptors (Lipinski definition) is 6. The van der Waals surface area contributed by atoms with E-state index in [1.165, 1.54) is 0 Å². The molecule has 27 heavy (non-hydrogen) atoms. The van der Waals surface area contributed by atoms with Gasteiger partial charge in [0.1, 0.15) is 6.04 Å². The van der Waals surface area contributed by atoms with Gasteiger partial charge in [-0.15, -0.1) is 0 Å². The molecule has 1 aliphatic heterocycles. The van der Waals surface area contributed by atoms with E-state index in [-0.39, 0.29) is 12.5 Å². The Morgan fingerprint density at radius 1 is 1.26 bits per heavy atom. The summed E-state index contributed by atoms with van der Waals surface area (Å²) in [5.41, 5.74) is 0.394. The van der Waals surface area contributed by atoms with Crippen LogP contribution >= 0.6 is 23.4 Å². The molecule has 1 saturated heterocycles. The Morgan fingerprint density at radius 3 is 2.56 bits per heavy atom. The number of nitrogens with one attached hydrogen (secondary N) is 1. The zero-order chi connectivity index (χ0) is 19.6. The van der Waals surface area contributed by atoms with Crippen molar-refractivity contribution in [2.45, 2.75) is 12.5 Å². The van der Waals surface area contributed by atoms with Gasteiger partial charge < -0.3 is 19.7 Å². The van der Waals surface area contributed by atoms with Gasteiger partial charge in [-0.2, -0.15) is 11.8 Å². The van der Waals surface area contributed by atoms with Crippen LogP contribution in [-0.2, 0) is 19.1 Å². The van der Waals surface area contributed by atoms with Crippen molar-refractivity contribution in [1.29, 1.82) is 0 Å². The number of ether oxygens (including phenoxy) is 2. The number of carbonyl (C=O) groups is 3. The third kappa shape index (κ3) is 7.04. The van der Waals surface area contributed by atoms with Gasteiger partial charge in [0.05, 0.1) is 13.2 Å². The Bertz CT molecular complexity index is 650. The van der Waals surface area contributed by atoms with Crippen LogP contribution < -0.4 is 5.32 Å². The number of thioether (sulfide) groups is 1. The second-order valence-corrected chi connectivity index (χ2v) is 7.34. The molecule has 2 amide bonds. The largest absolute Gasteiger partial charge is 0.454 e. The highest BCUT2D eigenvalue weighted by molar-refractivity contribution is 7.98. The quantitative estimate of drug-likeness (QED) is 0.650. The summed E-state index contributed by atoms with van der Waals surface area (Å²) >= 11 is 7.38.